The van der Waals surface area contributed by atoms with E-state index in [1.165, 1.54) is 0 Å². The van der Waals surface area contributed by atoms with Crippen molar-refractivity contribution in [2.75, 3.05) is 4.90 Å². The maximum atomic E-state index is 13.5. The lowest BCUT2D eigenvalue weighted by Gasteiger charge is -2.43. The summed E-state index contributed by atoms with van der Waals surface area (Å²) < 4.78 is 0. The Kier molecular flexibility index (Phi) is 3.42. The third-order valence-corrected chi connectivity index (χ3v) is 6.96. The van der Waals surface area contributed by atoms with Crippen LogP contribution in [0.3, 0.4) is 0 Å². The van der Waals surface area contributed by atoms with Crippen molar-refractivity contribution in [1.82, 2.24) is 14.9 Å². The Morgan fingerprint density at radius 1 is 1.41 bits per heavy atom. The smallest absolute Gasteiger partial charge is 0.273 e. The number of nitrogens with one attached hydrogen (secondary N) is 1. The minimum atomic E-state index is -0.671. The second-order valence-corrected chi connectivity index (χ2v) is 8.53. The third kappa shape index (κ3) is 1.99. The van der Waals surface area contributed by atoms with Gasteiger partial charge >= 0.3 is 0 Å². The van der Waals surface area contributed by atoms with Gasteiger partial charge in [-0.05, 0) is 29.5 Å². The highest BCUT2D eigenvalue weighted by atomic mass is 16.2. The van der Waals surface area contributed by atoms with Crippen LogP contribution in [0.4, 0.5) is 5.69 Å². The molecule has 7 heteroatoms. The molecule has 3 aliphatic heterocycles. The SMILES string of the molecule is C=CC(C)(C)[C@]12C[C@@H](C(N)=O)N3C(=O)/C(=C/c4cnc[nH]4)N(c4ccccc41)[C@@H]32. The van der Waals surface area contributed by atoms with Gasteiger partial charge in [-0.1, -0.05) is 38.1 Å². The van der Waals surface area contributed by atoms with E-state index in [9.17, 15) is 9.59 Å². The fraction of sp³-hybridized carbons (Fsp3) is 0.318. The monoisotopic (exact) mass is 389 g/mol. The molecule has 3 N–H and O–H groups in total. The number of carbonyl (C=O) groups is 2. The number of primary amides is 1. The van der Waals surface area contributed by atoms with E-state index in [1.54, 1.807) is 23.5 Å². The Labute approximate surface area is 168 Å². The molecule has 0 unspecified atom stereocenters. The average Bonchev–Trinajstić information content (AvgIpc) is 3.43. The lowest BCUT2D eigenvalue weighted by Crippen LogP contribution is -2.51. The van der Waals surface area contributed by atoms with E-state index in [-0.39, 0.29) is 17.5 Å². The Hall–Kier alpha value is -3.35. The first-order chi connectivity index (χ1) is 13.8. The summed E-state index contributed by atoms with van der Waals surface area (Å²) in [4.78, 5) is 36.7. The Morgan fingerprint density at radius 3 is 2.83 bits per heavy atom. The molecule has 148 valence electrons. The summed E-state index contributed by atoms with van der Waals surface area (Å²) in [6, 6.07) is 7.44. The van der Waals surface area contributed by atoms with Gasteiger partial charge in [0, 0.05) is 11.1 Å². The number of H-pyrrole nitrogens is 1. The van der Waals surface area contributed by atoms with E-state index in [4.69, 9.17) is 5.73 Å². The van der Waals surface area contributed by atoms with Crippen LogP contribution in [0.15, 0.2) is 55.1 Å². The molecule has 4 heterocycles. The zero-order valence-corrected chi connectivity index (χ0v) is 16.4. The van der Waals surface area contributed by atoms with E-state index in [0.717, 1.165) is 16.9 Å². The highest BCUT2D eigenvalue weighted by Gasteiger charge is 2.71. The van der Waals surface area contributed by atoms with Crippen LogP contribution in [0.5, 0.6) is 0 Å². The van der Waals surface area contributed by atoms with Gasteiger partial charge in [0.15, 0.2) is 0 Å². The Morgan fingerprint density at radius 2 is 2.17 bits per heavy atom. The molecule has 2 saturated heterocycles. The van der Waals surface area contributed by atoms with Gasteiger partial charge in [-0.15, -0.1) is 6.58 Å². The van der Waals surface area contributed by atoms with Crippen LogP contribution in [0.25, 0.3) is 6.08 Å². The molecule has 0 radical (unpaired) electrons. The number of hydrogen-bond donors (Lipinski definition) is 2. The number of amides is 2. The van der Waals surface area contributed by atoms with Gasteiger partial charge in [-0.2, -0.15) is 0 Å². The van der Waals surface area contributed by atoms with Crippen LogP contribution in [0.2, 0.25) is 0 Å². The molecule has 5 rings (SSSR count). The van der Waals surface area contributed by atoms with Crippen molar-refractivity contribution in [3.8, 4) is 0 Å². The molecule has 3 aliphatic rings. The van der Waals surface area contributed by atoms with Gasteiger partial charge in [0.25, 0.3) is 5.91 Å². The van der Waals surface area contributed by atoms with Crippen LogP contribution >= 0.6 is 0 Å². The number of nitrogens with zero attached hydrogens (tertiary/aromatic N) is 3. The van der Waals surface area contributed by atoms with Gasteiger partial charge in [-0.3, -0.25) is 9.59 Å². The molecule has 3 atom stereocenters. The molecule has 1 aromatic heterocycles. The van der Waals surface area contributed by atoms with Gasteiger partial charge in [-0.25, -0.2) is 4.98 Å². The predicted octanol–water partition coefficient (Wildman–Crippen LogP) is 2.15. The summed E-state index contributed by atoms with van der Waals surface area (Å²) in [5.74, 6) is -0.670. The number of benzene rings is 1. The van der Waals surface area contributed by atoms with Crippen molar-refractivity contribution in [3.63, 3.8) is 0 Å². The molecule has 1 aromatic carbocycles. The van der Waals surface area contributed by atoms with Crippen molar-refractivity contribution >= 4 is 23.6 Å². The predicted molar refractivity (Wildman–Crippen MR) is 109 cm³/mol. The van der Waals surface area contributed by atoms with Crippen LogP contribution in [-0.2, 0) is 15.0 Å². The Balaban J connectivity index is 1.82. The molecule has 7 nitrogen and oxygen atoms in total. The molecular formula is C22H23N5O2. The zero-order valence-electron chi connectivity index (χ0n) is 16.4. The van der Waals surface area contributed by atoms with E-state index in [2.05, 4.69) is 41.4 Å². The number of para-hydroxylation sites is 1. The standard InChI is InChI=1S/C22H23N5O2/c1-4-21(2,3)22-10-17(18(23)28)27-19(29)16(9-13-11-24-12-25-13)26(20(22)27)15-8-6-5-7-14(15)22/h4-9,11-12,17,20H,1,10H2,2-3H3,(H2,23,28)(H,24,25)/b16-9-/t17-,20-,22+/m0/s1. The lowest BCUT2D eigenvalue weighted by atomic mass is 9.60. The molecule has 0 saturated carbocycles. The van der Waals surface area contributed by atoms with E-state index in [0.29, 0.717) is 12.1 Å². The zero-order chi connectivity index (χ0) is 20.6. The molecule has 0 spiro atoms. The summed E-state index contributed by atoms with van der Waals surface area (Å²) in [5, 5.41) is 0. The fourth-order valence-corrected chi connectivity index (χ4v) is 5.44. The van der Waals surface area contributed by atoms with Crippen LogP contribution < -0.4 is 10.6 Å². The number of allylic oxidation sites excluding steroid dienone is 1. The highest BCUT2D eigenvalue weighted by molar-refractivity contribution is 6.09. The molecule has 0 bridgehead atoms. The second-order valence-electron chi connectivity index (χ2n) is 8.53. The highest BCUT2D eigenvalue weighted by Crippen LogP contribution is 2.65. The summed E-state index contributed by atoms with van der Waals surface area (Å²) in [7, 11) is 0. The van der Waals surface area contributed by atoms with Gasteiger partial charge < -0.3 is 20.5 Å². The summed E-state index contributed by atoms with van der Waals surface area (Å²) in [5.41, 5.74) is 8.24. The average molecular weight is 389 g/mol. The van der Waals surface area contributed by atoms with Crippen LogP contribution in [0.1, 0.15) is 31.5 Å². The molecule has 2 fully saturated rings. The molecule has 0 aliphatic carbocycles. The lowest BCUT2D eigenvalue weighted by molar-refractivity contribution is -0.133. The van der Waals surface area contributed by atoms with E-state index < -0.39 is 17.4 Å². The van der Waals surface area contributed by atoms with Crippen molar-refractivity contribution in [2.24, 2.45) is 11.1 Å². The summed E-state index contributed by atoms with van der Waals surface area (Å²) in [6.07, 6.45) is 7.10. The minimum Gasteiger partial charge on any atom is -0.368 e. The number of anilines is 1. The fourth-order valence-electron chi connectivity index (χ4n) is 5.44. The van der Waals surface area contributed by atoms with E-state index >= 15 is 0 Å². The first-order valence-electron chi connectivity index (χ1n) is 9.68. The third-order valence-electron chi connectivity index (χ3n) is 6.96. The maximum Gasteiger partial charge on any atom is 0.273 e. The van der Waals surface area contributed by atoms with Gasteiger partial charge in [0.2, 0.25) is 5.91 Å². The second kappa shape index (κ2) is 5.59. The number of aromatic nitrogens is 2. The molecule has 2 aromatic rings. The number of carbonyl (C=O) groups excluding carboxylic acids is 2. The van der Waals surface area contributed by atoms with Crippen LogP contribution in [0, 0.1) is 5.41 Å². The number of rotatable bonds is 4. The van der Waals surface area contributed by atoms with Crippen LogP contribution in [-0.4, -0.2) is 38.9 Å². The minimum absolute atomic E-state index is 0.190. The normalized spacial score (nSPS) is 28.8. The number of nitrogens with two attached hydrogens (primary N) is 1. The van der Waals surface area contributed by atoms with Gasteiger partial charge in [0.05, 0.1) is 18.2 Å². The maximum absolute atomic E-state index is 13.5. The largest absolute Gasteiger partial charge is 0.368 e. The molecule has 29 heavy (non-hydrogen) atoms. The molecular weight excluding hydrogens is 366 g/mol. The van der Waals surface area contributed by atoms with Gasteiger partial charge in [0.1, 0.15) is 17.9 Å². The van der Waals surface area contributed by atoms with Crippen molar-refractivity contribution in [3.05, 3.63) is 66.4 Å². The molecule has 2 amide bonds. The first kappa shape index (κ1) is 17.7. The number of imidazole rings is 1. The number of aromatic amines is 1. The number of fused-ring (bicyclic) bond motifs is 3. The number of hydrogen-bond acceptors (Lipinski definition) is 4. The topological polar surface area (TPSA) is 95.3 Å². The quantitative estimate of drug-likeness (QED) is 0.619. The first-order valence-corrected chi connectivity index (χ1v) is 9.68. The van der Waals surface area contributed by atoms with E-state index in [1.807, 2.05) is 24.3 Å². The summed E-state index contributed by atoms with van der Waals surface area (Å²) in [6.45, 7) is 8.31. The Bertz CT molecular complexity index is 1070. The van der Waals surface area contributed by atoms with Crippen molar-refractivity contribution in [1.29, 1.82) is 0 Å². The summed E-state index contributed by atoms with van der Waals surface area (Å²) >= 11 is 0. The van der Waals surface area contributed by atoms with Crippen molar-refractivity contribution in [2.45, 2.75) is 37.9 Å². The van der Waals surface area contributed by atoms with Crippen molar-refractivity contribution < 1.29 is 9.59 Å².